The molecule has 2 aromatic carbocycles. The minimum Gasteiger partial charge on any atom is -0.331 e. The van der Waals surface area contributed by atoms with Gasteiger partial charge in [0.2, 0.25) is 5.82 Å². The number of alkyl halides is 3. The second-order valence-corrected chi connectivity index (χ2v) is 7.80. The monoisotopic (exact) mass is 428 g/mol. The van der Waals surface area contributed by atoms with Crippen molar-refractivity contribution in [1.29, 1.82) is 0 Å². The summed E-state index contributed by atoms with van der Waals surface area (Å²) in [7, 11) is 0. The molecule has 1 N–H and O–H groups in total. The molecule has 1 amide bonds. The summed E-state index contributed by atoms with van der Waals surface area (Å²) in [6.45, 7) is 2.08. The molecule has 0 aliphatic carbocycles. The summed E-state index contributed by atoms with van der Waals surface area (Å²) in [5.74, 6) is -1.55. The number of halogens is 3. The van der Waals surface area contributed by atoms with Crippen LogP contribution in [0.25, 0.3) is 11.4 Å². The standard InChI is InChI=1S/C22H19F3N4O2/c23-22(24,25)21-27-19(28-31-21)14-6-7-15-12-29(20(30)16(15)10-14)18-8-9-26-11-17(18)13-4-2-1-3-5-13/h1-7,10,17-18,26H,8-9,11-12H2. The number of nitrogens with one attached hydrogen (secondary N) is 1. The zero-order valence-corrected chi connectivity index (χ0v) is 16.4. The average Bonchev–Trinajstić information content (AvgIpc) is 3.40. The average molecular weight is 428 g/mol. The largest absolute Gasteiger partial charge is 0.471 e. The highest BCUT2D eigenvalue weighted by molar-refractivity contribution is 5.99. The van der Waals surface area contributed by atoms with Crippen LogP contribution in [-0.4, -0.2) is 40.1 Å². The van der Waals surface area contributed by atoms with Gasteiger partial charge in [-0.1, -0.05) is 47.6 Å². The highest BCUT2D eigenvalue weighted by Crippen LogP contribution is 2.36. The lowest BCUT2D eigenvalue weighted by molar-refractivity contribution is -0.159. The quantitative estimate of drug-likeness (QED) is 0.686. The zero-order chi connectivity index (χ0) is 21.6. The molecule has 2 aliphatic rings. The van der Waals surface area contributed by atoms with E-state index < -0.39 is 12.1 Å². The van der Waals surface area contributed by atoms with Crippen LogP contribution in [0, 0.1) is 0 Å². The van der Waals surface area contributed by atoms with E-state index in [0.29, 0.717) is 17.7 Å². The summed E-state index contributed by atoms with van der Waals surface area (Å²) in [5, 5.41) is 6.84. The molecule has 1 saturated heterocycles. The molecule has 0 saturated carbocycles. The van der Waals surface area contributed by atoms with Gasteiger partial charge in [-0.25, -0.2) is 0 Å². The maximum absolute atomic E-state index is 13.3. The van der Waals surface area contributed by atoms with Gasteiger partial charge in [0.1, 0.15) is 0 Å². The molecule has 3 heterocycles. The van der Waals surface area contributed by atoms with Crippen molar-refractivity contribution < 1.29 is 22.5 Å². The summed E-state index contributed by atoms with van der Waals surface area (Å²) >= 11 is 0. The second-order valence-electron chi connectivity index (χ2n) is 7.80. The van der Waals surface area contributed by atoms with Crippen LogP contribution in [0.15, 0.2) is 53.1 Å². The van der Waals surface area contributed by atoms with Gasteiger partial charge in [-0.05, 0) is 30.2 Å². The molecule has 2 aliphatic heterocycles. The predicted octanol–water partition coefficient (Wildman–Crippen LogP) is 3.86. The van der Waals surface area contributed by atoms with E-state index in [-0.39, 0.29) is 23.7 Å². The van der Waals surface area contributed by atoms with Crippen LogP contribution < -0.4 is 5.32 Å². The molecule has 0 bridgehead atoms. The number of fused-ring (bicyclic) bond motifs is 1. The van der Waals surface area contributed by atoms with Gasteiger partial charge in [0.25, 0.3) is 5.91 Å². The number of hydrogen-bond donors (Lipinski definition) is 1. The Balaban J connectivity index is 1.43. The van der Waals surface area contributed by atoms with E-state index in [1.54, 1.807) is 18.2 Å². The van der Waals surface area contributed by atoms with Gasteiger partial charge in [-0.3, -0.25) is 4.79 Å². The Kier molecular flexibility index (Phi) is 4.77. The van der Waals surface area contributed by atoms with Gasteiger partial charge in [-0.2, -0.15) is 18.2 Å². The van der Waals surface area contributed by atoms with Crippen molar-refractivity contribution in [2.45, 2.75) is 31.1 Å². The first-order valence-electron chi connectivity index (χ1n) is 10.0. The maximum atomic E-state index is 13.3. The fraction of sp³-hybridized carbons (Fsp3) is 0.318. The summed E-state index contributed by atoms with van der Waals surface area (Å²) in [5.41, 5.74) is 2.81. The minimum absolute atomic E-state index is 0.0361. The minimum atomic E-state index is -4.71. The smallest absolute Gasteiger partial charge is 0.331 e. The molecular weight excluding hydrogens is 409 g/mol. The van der Waals surface area contributed by atoms with Crippen molar-refractivity contribution in [2.75, 3.05) is 13.1 Å². The first-order valence-corrected chi connectivity index (χ1v) is 10.0. The number of aromatic nitrogens is 2. The van der Waals surface area contributed by atoms with Crippen LogP contribution in [-0.2, 0) is 12.7 Å². The summed E-state index contributed by atoms with van der Waals surface area (Å²) in [6, 6.07) is 15.1. The van der Waals surface area contributed by atoms with Crippen LogP contribution in [0.3, 0.4) is 0 Å². The zero-order valence-electron chi connectivity index (χ0n) is 16.4. The molecule has 31 heavy (non-hydrogen) atoms. The molecule has 1 aromatic heterocycles. The van der Waals surface area contributed by atoms with Crippen LogP contribution in [0.1, 0.15) is 39.7 Å². The number of amides is 1. The van der Waals surface area contributed by atoms with Crippen LogP contribution >= 0.6 is 0 Å². The SMILES string of the molecule is O=C1c2cc(-c3noc(C(F)(F)F)n3)ccc2CN1C1CCNCC1c1ccccc1. The van der Waals surface area contributed by atoms with E-state index in [1.165, 1.54) is 5.56 Å². The molecular formula is C22H19F3N4O2. The number of benzene rings is 2. The summed E-state index contributed by atoms with van der Waals surface area (Å²) < 4.78 is 42.6. The van der Waals surface area contributed by atoms with Crippen molar-refractivity contribution in [1.82, 2.24) is 20.4 Å². The van der Waals surface area contributed by atoms with Crippen molar-refractivity contribution in [3.63, 3.8) is 0 Å². The molecule has 3 aromatic rings. The van der Waals surface area contributed by atoms with Crippen LogP contribution in [0.2, 0.25) is 0 Å². The Morgan fingerprint density at radius 2 is 1.94 bits per heavy atom. The molecule has 2 unspecified atom stereocenters. The Labute approximate surface area is 176 Å². The molecule has 0 spiro atoms. The third kappa shape index (κ3) is 3.59. The van der Waals surface area contributed by atoms with E-state index >= 15 is 0 Å². The van der Waals surface area contributed by atoms with Gasteiger partial charge in [0, 0.05) is 36.2 Å². The van der Waals surface area contributed by atoms with Crippen LogP contribution in [0.5, 0.6) is 0 Å². The summed E-state index contributed by atoms with van der Waals surface area (Å²) in [4.78, 5) is 18.6. The first-order chi connectivity index (χ1) is 14.9. The van der Waals surface area contributed by atoms with Gasteiger partial charge >= 0.3 is 12.1 Å². The van der Waals surface area contributed by atoms with E-state index in [2.05, 4.69) is 32.1 Å². The number of hydrogen-bond acceptors (Lipinski definition) is 5. The highest BCUT2D eigenvalue weighted by atomic mass is 19.4. The Hall–Kier alpha value is -3.20. The number of piperidine rings is 1. The van der Waals surface area contributed by atoms with Crippen molar-refractivity contribution in [3.8, 4) is 11.4 Å². The van der Waals surface area contributed by atoms with E-state index in [4.69, 9.17) is 0 Å². The van der Waals surface area contributed by atoms with Gasteiger partial charge in [0.05, 0.1) is 0 Å². The summed E-state index contributed by atoms with van der Waals surface area (Å²) in [6.07, 6.45) is -3.89. The predicted molar refractivity (Wildman–Crippen MR) is 105 cm³/mol. The van der Waals surface area contributed by atoms with E-state index in [0.717, 1.165) is 25.1 Å². The number of carbonyl (C=O) groups excluding carboxylic acids is 1. The second kappa shape index (κ2) is 7.49. The normalized spacial score (nSPS) is 21.4. The van der Waals surface area contributed by atoms with Crippen molar-refractivity contribution in [3.05, 3.63) is 71.1 Å². The Morgan fingerprint density at radius 1 is 1.13 bits per heavy atom. The number of rotatable bonds is 3. The third-order valence-electron chi connectivity index (χ3n) is 5.94. The molecule has 5 rings (SSSR count). The number of carbonyl (C=O) groups is 1. The molecule has 1 fully saturated rings. The Morgan fingerprint density at radius 3 is 2.68 bits per heavy atom. The van der Waals surface area contributed by atoms with Gasteiger partial charge in [-0.15, -0.1) is 0 Å². The topological polar surface area (TPSA) is 71.3 Å². The van der Waals surface area contributed by atoms with Crippen LogP contribution in [0.4, 0.5) is 13.2 Å². The van der Waals surface area contributed by atoms with E-state index in [1.807, 2.05) is 23.1 Å². The fourth-order valence-electron chi connectivity index (χ4n) is 4.44. The molecule has 9 heteroatoms. The molecule has 0 radical (unpaired) electrons. The Bertz CT molecular complexity index is 1110. The first kappa shape index (κ1) is 19.7. The van der Waals surface area contributed by atoms with Gasteiger partial charge in [0.15, 0.2) is 0 Å². The lowest BCUT2D eigenvalue weighted by atomic mass is 9.86. The fourth-order valence-corrected chi connectivity index (χ4v) is 4.44. The molecule has 6 nitrogen and oxygen atoms in total. The molecule has 160 valence electrons. The lowest BCUT2D eigenvalue weighted by Gasteiger charge is -2.38. The third-order valence-corrected chi connectivity index (χ3v) is 5.94. The molecule has 2 atom stereocenters. The maximum Gasteiger partial charge on any atom is 0.471 e. The number of nitrogens with zero attached hydrogens (tertiary/aromatic N) is 3. The lowest BCUT2D eigenvalue weighted by Crippen LogP contribution is -2.48. The van der Waals surface area contributed by atoms with Crippen molar-refractivity contribution in [2.24, 2.45) is 0 Å². The van der Waals surface area contributed by atoms with Crippen molar-refractivity contribution >= 4 is 5.91 Å². The van der Waals surface area contributed by atoms with E-state index in [9.17, 15) is 18.0 Å². The highest BCUT2D eigenvalue weighted by Gasteiger charge is 2.40. The van der Waals surface area contributed by atoms with Gasteiger partial charge < -0.3 is 14.7 Å².